The Morgan fingerprint density at radius 3 is 2.67 bits per heavy atom. The molecule has 2 aliphatic rings. The Bertz CT molecular complexity index is 1810. The number of H-pyrrole nitrogens is 1. The number of rotatable bonds is 10. The van der Waals surface area contributed by atoms with Gasteiger partial charge in [0.25, 0.3) is 5.56 Å². The van der Waals surface area contributed by atoms with Gasteiger partial charge in [-0.25, -0.2) is 9.97 Å². The van der Waals surface area contributed by atoms with E-state index in [1.165, 1.54) is 6.33 Å². The minimum Gasteiger partial charge on any atom is -0.383 e. The minimum absolute atomic E-state index is 0.0158. The maximum Gasteiger partial charge on any atom is 0.325 e. The smallest absolute Gasteiger partial charge is 0.325 e. The van der Waals surface area contributed by atoms with Crippen molar-refractivity contribution in [3.05, 3.63) is 28.9 Å². The second kappa shape index (κ2) is 11.8. The van der Waals surface area contributed by atoms with Crippen LogP contribution in [-0.4, -0.2) is 85.7 Å². The summed E-state index contributed by atoms with van der Waals surface area (Å²) >= 11 is 9.82. The third kappa shape index (κ3) is 6.63. The van der Waals surface area contributed by atoms with E-state index in [0.29, 0.717) is 29.7 Å². The van der Waals surface area contributed by atoms with Gasteiger partial charge in [-0.2, -0.15) is 9.67 Å². The van der Waals surface area contributed by atoms with Gasteiger partial charge >= 0.3 is 13.4 Å². The van der Waals surface area contributed by atoms with Gasteiger partial charge in [-0.05, 0) is 42.5 Å². The van der Waals surface area contributed by atoms with Crippen LogP contribution in [0.5, 0.6) is 0 Å². The molecule has 2 saturated heterocycles. The van der Waals surface area contributed by atoms with Crippen molar-refractivity contribution in [2.45, 2.75) is 50.0 Å². The highest BCUT2D eigenvalue weighted by Crippen LogP contribution is 2.50. The Balaban J connectivity index is 1.14. The second-order valence-corrected chi connectivity index (χ2v) is 15.2. The number of ether oxygens (including phenoxy) is 2. The van der Waals surface area contributed by atoms with Crippen LogP contribution in [0, 0.1) is 0 Å². The molecule has 1 unspecified atom stereocenters. The van der Waals surface area contributed by atoms with Crippen molar-refractivity contribution in [1.29, 1.82) is 0 Å². The number of hydrogen-bond acceptors (Lipinski definition) is 15. The lowest BCUT2D eigenvalue weighted by Gasteiger charge is -2.24. The Hall–Kier alpha value is -2.52. The lowest BCUT2D eigenvalue weighted by atomic mass is 10.2. The lowest BCUT2D eigenvalue weighted by Crippen LogP contribution is -2.25. The first-order valence-electron chi connectivity index (χ1n) is 12.7. The predicted octanol–water partition coefficient (Wildman–Crippen LogP) is -0.0667. The van der Waals surface area contributed by atoms with Gasteiger partial charge < -0.3 is 53.8 Å². The number of aromatic amines is 1. The summed E-state index contributed by atoms with van der Waals surface area (Å²) < 4.78 is 31.5. The van der Waals surface area contributed by atoms with E-state index < -0.39 is 43.5 Å². The third-order valence-corrected chi connectivity index (χ3v) is 9.18. The number of aromatic nitrogens is 8. The zero-order valence-electron chi connectivity index (χ0n) is 21.9. The summed E-state index contributed by atoms with van der Waals surface area (Å²) in [6.07, 6.45) is 0.787. The summed E-state index contributed by atoms with van der Waals surface area (Å²) in [7, 11) is 0. The molecular formula is C20H26N10O9P2S2. The molecule has 0 aliphatic carbocycles. The monoisotopic (exact) mass is 676 g/mol. The molecule has 4 aromatic rings. The minimum atomic E-state index is -3.99. The molecular weight excluding hydrogens is 650 g/mol. The van der Waals surface area contributed by atoms with Crippen LogP contribution in [0.15, 0.2) is 23.4 Å². The summed E-state index contributed by atoms with van der Waals surface area (Å²) in [5.74, 6) is 0.178. The van der Waals surface area contributed by atoms with E-state index in [4.69, 9.17) is 46.3 Å². The number of nitrogen functional groups attached to an aromatic ring is 2. The van der Waals surface area contributed by atoms with Gasteiger partial charge in [0.05, 0.1) is 30.8 Å². The SMILES string of the molecule is Nc1nc2c(nnn2[C@@H]2O[C@H](COP(O)(O)=S)C[C@H]2OP(O)(=S)OC[C@@H]2CC[C@H](n3ccc4c(N)ncnc43)O2)c(=O)[nH]1. The molecule has 0 amide bonds. The first-order valence-corrected chi connectivity index (χ1v) is 17.9. The van der Waals surface area contributed by atoms with E-state index in [9.17, 15) is 19.5 Å². The average Bonchev–Trinajstić information content (AvgIpc) is 3.71. The van der Waals surface area contributed by atoms with Crippen LogP contribution in [-0.2, 0) is 46.7 Å². The predicted molar refractivity (Wildman–Crippen MR) is 156 cm³/mol. The number of nitrogens with two attached hydrogens (primary N) is 2. The second-order valence-electron chi connectivity index (χ2n) is 9.75. The largest absolute Gasteiger partial charge is 0.383 e. The number of anilines is 2. The molecule has 2 fully saturated rings. The molecule has 0 saturated carbocycles. The molecule has 0 bridgehead atoms. The highest BCUT2D eigenvalue weighted by molar-refractivity contribution is 8.07. The molecule has 0 aromatic carbocycles. The van der Waals surface area contributed by atoms with Crippen LogP contribution in [0.3, 0.4) is 0 Å². The topological polar surface area (TPSA) is 266 Å². The van der Waals surface area contributed by atoms with E-state index >= 15 is 0 Å². The molecule has 232 valence electrons. The fraction of sp³-hybridized carbons (Fsp3) is 0.500. The van der Waals surface area contributed by atoms with Gasteiger partial charge in [0.1, 0.15) is 30.1 Å². The Morgan fingerprint density at radius 2 is 1.88 bits per heavy atom. The van der Waals surface area contributed by atoms with Crippen LogP contribution in [0.1, 0.15) is 31.7 Å². The summed E-state index contributed by atoms with van der Waals surface area (Å²) in [5.41, 5.74) is 11.5. The molecule has 19 nitrogen and oxygen atoms in total. The van der Waals surface area contributed by atoms with Gasteiger partial charge in [-0.1, -0.05) is 5.21 Å². The molecule has 6 atom stereocenters. The van der Waals surface area contributed by atoms with Crippen molar-refractivity contribution in [3.63, 3.8) is 0 Å². The van der Waals surface area contributed by atoms with Crippen molar-refractivity contribution < 1.29 is 37.7 Å². The van der Waals surface area contributed by atoms with Gasteiger partial charge in [-0.3, -0.25) is 9.78 Å². The third-order valence-electron chi connectivity index (χ3n) is 6.80. The van der Waals surface area contributed by atoms with E-state index in [1.807, 2.05) is 16.8 Å². The zero-order valence-corrected chi connectivity index (χ0v) is 25.4. The molecule has 6 rings (SSSR count). The molecule has 8 N–H and O–H groups in total. The molecule has 2 aliphatic heterocycles. The standard InChI is InChI=1S/C20H26N10O9P2S2/c21-15-11-3-4-29(16(11)24-8-23-15)13-2-1-9(37-13)6-36-41(34,43)39-12-5-10(7-35-40(32,33)42)38-19(12)30-17-14(27-28-30)18(31)26-20(22)25-17/h3-4,8-10,12-13,19H,1-2,5-7H2,(H,34,43)(H2,21,23,24)(H2,32,33,42)(H3,22,25,26,31)/t9-,10-,12+,13+,19+,41?/m0/s1. The Morgan fingerprint density at radius 1 is 1.09 bits per heavy atom. The highest BCUT2D eigenvalue weighted by atomic mass is 32.5. The molecule has 43 heavy (non-hydrogen) atoms. The van der Waals surface area contributed by atoms with Crippen LogP contribution in [0.2, 0.25) is 0 Å². The van der Waals surface area contributed by atoms with Gasteiger partial charge in [0.2, 0.25) is 5.95 Å². The van der Waals surface area contributed by atoms with E-state index in [2.05, 4.69) is 42.1 Å². The van der Waals surface area contributed by atoms with Crippen molar-refractivity contribution in [1.82, 2.24) is 39.5 Å². The van der Waals surface area contributed by atoms with Crippen molar-refractivity contribution in [2.24, 2.45) is 0 Å². The van der Waals surface area contributed by atoms with E-state index in [1.54, 1.807) is 0 Å². The van der Waals surface area contributed by atoms with Gasteiger partial charge in [-0.15, -0.1) is 5.10 Å². The number of fused-ring (bicyclic) bond motifs is 2. The summed E-state index contributed by atoms with van der Waals surface area (Å²) in [6, 6.07) is 1.81. The fourth-order valence-electron chi connectivity index (χ4n) is 4.96. The van der Waals surface area contributed by atoms with Crippen molar-refractivity contribution in [2.75, 3.05) is 24.7 Å². The van der Waals surface area contributed by atoms with Gasteiger partial charge in [0, 0.05) is 12.6 Å². The van der Waals surface area contributed by atoms with Crippen molar-refractivity contribution >= 4 is 71.0 Å². The van der Waals surface area contributed by atoms with Crippen LogP contribution >= 0.6 is 13.4 Å². The number of nitrogens with one attached hydrogen (secondary N) is 1. The average molecular weight is 677 g/mol. The van der Waals surface area contributed by atoms with E-state index in [-0.39, 0.29) is 43.0 Å². The van der Waals surface area contributed by atoms with Crippen LogP contribution in [0.4, 0.5) is 11.8 Å². The van der Waals surface area contributed by atoms with Crippen LogP contribution in [0.25, 0.3) is 22.2 Å². The summed E-state index contributed by atoms with van der Waals surface area (Å²) in [5, 5.41) is 8.50. The fourth-order valence-corrected chi connectivity index (χ4v) is 6.96. The normalized spacial score (nSPS) is 26.0. The van der Waals surface area contributed by atoms with E-state index in [0.717, 1.165) is 4.68 Å². The summed E-state index contributed by atoms with van der Waals surface area (Å²) in [6.45, 7) is -8.29. The maximum atomic E-state index is 12.3. The quantitative estimate of drug-likeness (QED) is 0.120. The Kier molecular flexibility index (Phi) is 8.35. The van der Waals surface area contributed by atoms with Crippen molar-refractivity contribution in [3.8, 4) is 0 Å². The molecule has 23 heteroatoms. The molecule has 6 heterocycles. The Labute approximate surface area is 251 Å². The highest BCUT2D eigenvalue weighted by Gasteiger charge is 2.43. The first kappa shape index (κ1) is 30.5. The maximum absolute atomic E-state index is 12.3. The zero-order chi connectivity index (χ0) is 30.5. The lowest BCUT2D eigenvalue weighted by molar-refractivity contribution is -0.0540. The molecule has 4 aromatic heterocycles. The first-order chi connectivity index (χ1) is 20.4. The van der Waals surface area contributed by atoms with Gasteiger partial charge in [0.15, 0.2) is 17.4 Å². The number of nitrogens with zero attached hydrogens (tertiary/aromatic N) is 7. The van der Waals surface area contributed by atoms with Crippen LogP contribution < -0.4 is 17.0 Å². The molecule has 0 spiro atoms. The molecule has 0 radical (unpaired) electrons. The number of hydrogen-bond donors (Lipinski definition) is 6. The summed E-state index contributed by atoms with van der Waals surface area (Å²) in [4.78, 5) is 56.9.